The number of nitriles is 1. The molecule has 2 aromatic rings. The fourth-order valence-electron chi connectivity index (χ4n) is 3.36. The molecule has 156 valence electrons. The van der Waals surface area contributed by atoms with Crippen molar-refractivity contribution in [3.05, 3.63) is 57.5 Å². The van der Waals surface area contributed by atoms with Crippen molar-refractivity contribution in [1.82, 2.24) is 10.2 Å². The third-order valence-corrected chi connectivity index (χ3v) is 4.80. The molecule has 1 aromatic heterocycles. The van der Waals surface area contributed by atoms with Gasteiger partial charge in [0.25, 0.3) is 5.56 Å². The number of aromatic amines is 1. The van der Waals surface area contributed by atoms with Crippen molar-refractivity contribution in [2.45, 2.75) is 25.6 Å². The molecular formula is C19H18F3N7O. The molecule has 0 unspecified atom stereocenters. The molecule has 0 spiro atoms. The summed E-state index contributed by atoms with van der Waals surface area (Å²) >= 11 is 0. The number of anilines is 1. The lowest BCUT2D eigenvalue weighted by molar-refractivity contribution is -0.138. The normalized spacial score (nSPS) is 18.4. The molecular weight excluding hydrogens is 399 g/mol. The van der Waals surface area contributed by atoms with E-state index in [-0.39, 0.29) is 17.7 Å². The topological polar surface area (TPSA) is 124 Å². The zero-order valence-corrected chi connectivity index (χ0v) is 15.9. The summed E-state index contributed by atoms with van der Waals surface area (Å²) in [5, 5.41) is 18.9. The Morgan fingerprint density at radius 3 is 2.73 bits per heavy atom. The van der Waals surface area contributed by atoms with E-state index >= 15 is 0 Å². The fourth-order valence-corrected chi connectivity index (χ4v) is 3.36. The van der Waals surface area contributed by atoms with Crippen LogP contribution in [0.3, 0.4) is 0 Å². The highest BCUT2D eigenvalue weighted by Gasteiger charge is 2.34. The Hall–Kier alpha value is -3.68. The number of nitrogens with zero attached hydrogens (tertiary/aromatic N) is 5. The molecule has 30 heavy (non-hydrogen) atoms. The fraction of sp³-hybridized carbons (Fsp3) is 0.316. The van der Waals surface area contributed by atoms with Crippen LogP contribution < -0.4 is 16.3 Å². The zero-order valence-electron chi connectivity index (χ0n) is 15.9. The summed E-state index contributed by atoms with van der Waals surface area (Å²) < 4.78 is 39.9. The van der Waals surface area contributed by atoms with Crippen molar-refractivity contribution >= 4 is 17.1 Å². The molecule has 0 bridgehead atoms. The maximum Gasteiger partial charge on any atom is 0.416 e. The third kappa shape index (κ3) is 4.17. The molecule has 3 N–H and O–H groups in total. The van der Waals surface area contributed by atoms with E-state index in [0.29, 0.717) is 30.1 Å². The van der Waals surface area contributed by atoms with Gasteiger partial charge in [-0.2, -0.15) is 28.6 Å². The van der Waals surface area contributed by atoms with Gasteiger partial charge in [-0.05, 0) is 18.6 Å². The number of rotatable bonds is 3. The first-order chi connectivity index (χ1) is 14.3. The van der Waals surface area contributed by atoms with Crippen molar-refractivity contribution in [2.75, 3.05) is 18.0 Å². The van der Waals surface area contributed by atoms with Gasteiger partial charge in [0.1, 0.15) is 17.3 Å². The van der Waals surface area contributed by atoms with Gasteiger partial charge >= 0.3 is 6.18 Å². The third-order valence-electron chi connectivity index (χ3n) is 4.80. The zero-order chi connectivity index (χ0) is 21.9. The summed E-state index contributed by atoms with van der Waals surface area (Å²) in [4.78, 5) is 18.0. The van der Waals surface area contributed by atoms with E-state index < -0.39 is 23.3 Å². The standard InChI is InChI=1S/C19H18F3N7O/c1-11(12-4-2-3-5-14(12)19(20,21)22)26-15-6-7-29(10-16(15)27-24)17-9-25-28-18(30)13(17)8-23/h2-5,9,11H,6-7,10,24H2,1H3,(H,28,30)/t11-/m0/s1. The molecule has 3 rings (SSSR count). The van der Waals surface area contributed by atoms with E-state index in [4.69, 9.17) is 5.84 Å². The molecule has 0 radical (unpaired) electrons. The van der Waals surface area contributed by atoms with Crippen LogP contribution in [0.2, 0.25) is 0 Å². The first-order valence-corrected chi connectivity index (χ1v) is 8.99. The number of halogens is 3. The molecule has 1 fully saturated rings. The molecule has 0 saturated carbocycles. The highest BCUT2D eigenvalue weighted by atomic mass is 19.4. The van der Waals surface area contributed by atoms with Gasteiger partial charge in [0.15, 0.2) is 0 Å². The van der Waals surface area contributed by atoms with Crippen LogP contribution in [0.4, 0.5) is 18.9 Å². The van der Waals surface area contributed by atoms with Gasteiger partial charge in [-0.25, -0.2) is 5.10 Å². The maximum atomic E-state index is 13.3. The Bertz CT molecular complexity index is 1100. The molecule has 2 heterocycles. The molecule has 0 aliphatic carbocycles. The summed E-state index contributed by atoms with van der Waals surface area (Å²) in [5.41, 5.74) is -0.207. The summed E-state index contributed by atoms with van der Waals surface area (Å²) in [5.74, 6) is 5.50. The van der Waals surface area contributed by atoms with Crippen LogP contribution >= 0.6 is 0 Å². The summed E-state index contributed by atoms with van der Waals surface area (Å²) in [7, 11) is 0. The average molecular weight is 417 g/mol. The lowest BCUT2D eigenvalue weighted by atomic mass is 10.00. The average Bonchev–Trinajstić information content (AvgIpc) is 2.73. The number of nitrogens with two attached hydrogens (primary N) is 1. The Morgan fingerprint density at radius 2 is 2.07 bits per heavy atom. The van der Waals surface area contributed by atoms with Gasteiger partial charge < -0.3 is 10.7 Å². The van der Waals surface area contributed by atoms with Crippen LogP contribution in [-0.4, -0.2) is 34.7 Å². The van der Waals surface area contributed by atoms with E-state index in [0.717, 1.165) is 6.07 Å². The van der Waals surface area contributed by atoms with Gasteiger partial charge in [0, 0.05) is 13.0 Å². The minimum Gasteiger partial charge on any atom is -0.363 e. The SMILES string of the molecule is C[C@H](N=C1CCN(c2cn[nH]c(=O)c2C#N)CC1=NN)c1ccccc1C(F)(F)F. The van der Waals surface area contributed by atoms with Crippen LogP contribution in [0.15, 0.2) is 45.4 Å². The van der Waals surface area contributed by atoms with E-state index in [9.17, 15) is 23.2 Å². The Labute approximate surface area is 169 Å². The Balaban J connectivity index is 1.89. The van der Waals surface area contributed by atoms with Gasteiger partial charge in [0.2, 0.25) is 0 Å². The number of hydrogen-bond donors (Lipinski definition) is 2. The van der Waals surface area contributed by atoms with Crippen molar-refractivity contribution in [2.24, 2.45) is 15.9 Å². The second-order valence-corrected chi connectivity index (χ2v) is 6.66. The van der Waals surface area contributed by atoms with E-state index in [1.54, 1.807) is 11.8 Å². The molecule has 1 saturated heterocycles. The van der Waals surface area contributed by atoms with Crippen LogP contribution in [0.1, 0.15) is 36.1 Å². The largest absolute Gasteiger partial charge is 0.416 e. The lowest BCUT2D eigenvalue weighted by Gasteiger charge is -2.31. The number of aromatic nitrogens is 2. The maximum absolute atomic E-state index is 13.3. The predicted molar refractivity (Wildman–Crippen MR) is 105 cm³/mol. The number of H-pyrrole nitrogens is 1. The Kier molecular flexibility index (Phi) is 5.86. The van der Waals surface area contributed by atoms with Crippen LogP contribution in [0.5, 0.6) is 0 Å². The molecule has 0 amide bonds. The van der Waals surface area contributed by atoms with E-state index in [2.05, 4.69) is 20.3 Å². The van der Waals surface area contributed by atoms with E-state index in [1.165, 1.54) is 24.4 Å². The number of hydrazone groups is 1. The van der Waals surface area contributed by atoms with E-state index in [1.807, 2.05) is 6.07 Å². The molecule has 1 aliphatic rings. The van der Waals surface area contributed by atoms with Crippen LogP contribution in [0, 0.1) is 11.3 Å². The predicted octanol–water partition coefficient (Wildman–Crippen LogP) is 2.39. The van der Waals surface area contributed by atoms with Gasteiger partial charge in [-0.15, -0.1) is 0 Å². The summed E-state index contributed by atoms with van der Waals surface area (Å²) in [6, 6.07) is 6.36. The quantitative estimate of drug-likeness (QED) is 0.586. The summed E-state index contributed by atoms with van der Waals surface area (Å²) in [6.07, 6.45) is -2.80. The van der Waals surface area contributed by atoms with Gasteiger partial charge in [-0.3, -0.25) is 9.79 Å². The van der Waals surface area contributed by atoms with Crippen molar-refractivity contribution in [3.63, 3.8) is 0 Å². The monoisotopic (exact) mass is 417 g/mol. The van der Waals surface area contributed by atoms with Crippen molar-refractivity contribution < 1.29 is 13.2 Å². The highest BCUT2D eigenvalue weighted by Crippen LogP contribution is 2.35. The second-order valence-electron chi connectivity index (χ2n) is 6.66. The molecule has 1 atom stereocenters. The number of aliphatic imine (C=N–C) groups is 1. The first kappa shape index (κ1) is 21.0. The first-order valence-electron chi connectivity index (χ1n) is 8.99. The molecule has 1 aliphatic heterocycles. The highest BCUT2D eigenvalue weighted by molar-refractivity contribution is 6.44. The van der Waals surface area contributed by atoms with Crippen molar-refractivity contribution in [3.8, 4) is 6.07 Å². The van der Waals surface area contributed by atoms with Crippen molar-refractivity contribution in [1.29, 1.82) is 5.26 Å². The minimum absolute atomic E-state index is 0.0573. The number of alkyl halides is 3. The number of piperidine rings is 1. The smallest absolute Gasteiger partial charge is 0.363 e. The van der Waals surface area contributed by atoms with Crippen LogP contribution in [0.25, 0.3) is 0 Å². The summed E-state index contributed by atoms with van der Waals surface area (Å²) in [6.45, 7) is 2.08. The molecule has 11 heteroatoms. The molecule has 1 aromatic carbocycles. The molecule has 8 nitrogen and oxygen atoms in total. The number of nitrogens with one attached hydrogen (secondary N) is 1. The minimum atomic E-state index is -4.49. The van der Waals surface area contributed by atoms with Crippen LogP contribution in [-0.2, 0) is 6.18 Å². The second kappa shape index (κ2) is 8.36. The van der Waals surface area contributed by atoms with Gasteiger partial charge in [0.05, 0.1) is 35.7 Å². The lowest BCUT2D eigenvalue weighted by Crippen LogP contribution is -2.43. The number of hydrogen-bond acceptors (Lipinski definition) is 7. The Morgan fingerprint density at radius 1 is 1.33 bits per heavy atom. The number of benzene rings is 1. The van der Waals surface area contributed by atoms with Gasteiger partial charge in [-0.1, -0.05) is 18.2 Å².